The van der Waals surface area contributed by atoms with Crippen LogP contribution in [0, 0.1) is 0 Å². The maximum Gasteiger partial charge on any atom is 0.329 e. The summed E-state index contributed by atoms with van der Waals surface area (Å²) >= 11 is 11.9. The summed E-state index contributed by atoms with van der Waals surface area (Å²) in [4.78, 5) is 12.2. The van der Waals surface area contributed by atoms with Crippen LogP contribution in [0.5, 0.6) is 0 Å². The Hall–Kier alpha value is -1.71. The fraction of sp³-hybridized carbons (Fsp3) is 0.235. The van der Waals surface area contributed by atoms with Crippen LogP contribution in [0.2, 0.25) is 10.0 Å². The molecule has 2 aromatic carbocycles. The highest BCUT2D eigenvalue weighted by Crippen LogP contribution is 2.38. The fourth-order valence-corrected chi connectivity index (χ4v) is 2.98. The largest absolute Gasteiger partial charge is 0.453 e. The standard InChI is InChI=1S/C17H15Cl2NO2/c1-17(11-3-2-4-13(19)9-11)10-15(16(21)22-17)20-14-7-5-12(18)6-8-14/h2-9,15,20H,10H2,1H3. The van der Waals surface area contributed by atoms with Crippen molar-refractivity contribution in [2.45, 2.75) is 25.0 Å². The number of hydrogen-bond donors (Lipinski definition) is 1. The summed E-state index contributed by atoms with van der Waals surface area (Å²) < 4.78 is 5.61. The van der Waals surface area contributed by atoms with Crippen molar-refractivity contribution in [1.29, 1.82) is 0 Å². The third-order valence-corrected chi connectivity index (χ3v) is 4.31. The number of hydrogen-bond acceptors (Lipinski definition) is 3. The van der Waals surface area contributed by atoms with Crippen LogP contribution >= 0.6 is 23.2 Å². The Morgan fingerprint density at radius 2 is 1.86 bits per heavy atom. The molecule has 22 heavy (non-hydrogen) atoms. The van der Waals surface area contributed by atoms with Gasteiger partial charge in [-0.2, -0.15) is 0 Å². The van der Waals surface area contributed by atoms with E-state index in [9.17, 15) is 4.79 Å². The number of cyclic esters (lactones) is 1. The molecule has 1 saturated heterocycles. The van der Waals surface area contributed by atoms with Crippen LogP contribution in [0.4, 0.5) is 5.69 Å². The molecule has 1 aliphatic heterocycles. The van der Waals surface area contributed by atoms with Gasteiger partial charge in [0, 0.05) is 22.2 Å². The predicted molar refractivity (Wildman–Crippen MR) is 88.4 cm³/mol. The summed E-state index contributed by atoms with van der Waals surface area (Å²) in [6.45, 7) is 1.90. The molecular weight excluding hydrogens is 321 g/mol. The smallest absolute Gasteiger partial charge is 0.329 e. The quantitative estimate of drug-likeness (QED) is 0.830. The molecule has 3 nitrogen and oxygen atoms in total. The SMILES string of the molecule is CC1(c2cccc(Cl)c2)CC(Nc2ccc(Cl)cc2)C(=O)O1. The number of halogens is 2. The number of esters is 1. The van der Waals surface area contributed by atoms with Crippen molar-refractivity contribution >= 4 is 34.9 Å². The fourth-order valence-electron chi connectivity index (χ4n) is 2.66. The lowest BCUT2D eigenvalue weighted by Gasteiger charge is -2.23. The zero-order valence-corrected chi connectivity index (χ0v) is 13.5. The molecule has 1 aliphatic rings. The van der Waals surface area contributed by atoms with Gasteiger partial charge in [0.15, 0.2) is 0 Å². The first-order valence-corrected chi connectivity index (χ1v) is 7.73. The zero-order chi connectivity index (χ0) is 15.7. The monoisotopic (exact) mass is 335 g/mol. The minimum Gasteiger partial charge on any atom is -0.453 e. The average molecular weight is 336 g/mol. The molecule has 0 aromatic heterocycles. The Morgan fingerprint density at radius 3 is 2.55 bits per heavy atom. The first-order valence-electron chi connectivity index (χ1n) is 6.97. The number of carbonyl (C=O) groups excluding carboxylic acids is 1. The van der Waals surface area contributed by atoms with Crippen molar-refractivity contribution in [2.75, 3.05) is 5.32 Å². The molecule has 2 aromatic rings. The molecule has 5 heteroatoms. The van der Waals surface area contributed by atoms with Gasteiger partial charge in [-0.1, -0.05) is 35.3 Å². The molecule has 0 spiro atoms. The summed E-state index contributed by atoms with van der Waals surface area (Å²) in [5.41, 5.74) is 1.06. The van der Waals surface area contributed by atoms with E-state index in [4.69, 9.17) is 27.9 Å². The van der Waals surface area contributed by atoms with E-state index in [0.29, 0.717) is 16.5 Å². The molecule has 2 unspecified atom stereocenters. The second-order valence-corrected chi connectivity index (χ2v) is 6.44. The Kier molecular flexibility index (Phi) is 4.02. The second kappa shape index (κ2) is 5.82. The molecule has 1 heterocycles. The van der Waals surface area contributed by atoms with Crippen molar-refractivity contribution in [1.82, 2.24) is 0 Å². The molecule has 0 amide bonds. The Bertz CT molecular complexity index is 702. The van der Waals surface area contributed by atoms with Crippen molar-refractivity contribution in [3.8, 4) is 0 Å². The number of nitrogens with one attached hydrogen (secondary N) is 1. The van der Waals surface area contributed by atoms with E-state index in [0.717, 1.165) is 11.3 Å². The lowest BCUT2D eigenvalue weighted by Crippen LogP contribution is -2.25. The van der Waals surface area contributed by atoms with Crippen LogP contribution < -0.4 is 5.32 Å². The van der Waals surface area contributed by atoms with Gasteiger partial charge < -0.3 is 10.1 Å². The number of carbonyl (C=O) groups is 1. The summed E-state index contributed by atoms with van der Waals surface area (Å²) in [7, 11) is 0. The molecule has 1 fully saturated rings. The molecule has 1 N–H and O–H groups in total. The van der Waals surface area contributed by atoms with Gasteiger partial charge >= 0.3 is 5.97 Å². The van der Waals surface area contributed by atoms with Crippen molar-refractivity contribution in [2.24, 2.45) is 0 Å². The van der Waals surface area contributed by atoms with Gasteiger partial charge in [0.05, 0.1) is 0 Å². The zero-order valence-electron chi connectivity index (χ0n) is 12.0. The Morgan fingerprint density at radius 1 is 1.14 bits per heavy atom. The van der Waals surface area contributed by atoms with Gasteiger partial charge in [0.25, 0.3) is 0 Å². The van der Waals surface area contributed by atoms with Crippen LogP contribution in [-0.2, 0) is 15.1 Å². The molecule has 0 radical (unpaired) electrons. The minimum absolute atomic E-state index is 0.266. The molecular formula is C17H15Cl2NO2. The number of ether oxygens (including phenoxy) is 1. The average Bonchev–Trinajstić information content (AvgIpc) is 2.77. The number of anilines is 1. The molecule has 3 rings (SSSR count). The van der Waals surface area contributed by atoms with Crippen LogP contribution in [0.3, 0.4) is 0 Å². The molecule has 0 bridgehead atoms. The molecule has 114 valence electrons. The van der Waals surface area contributed by atoms with Crippen molar-refractivity contribution in [3.63, 3.8) is 0 Å². The van der Waals surface area contributed by atoms with E-state index >= 15 is 0 Å². The number of benzene rings is 2. The second-order valence-electron chi connectivity index (χ2n) is 5.57. The van der Waals surface area contributed by atoms with E-state index < -0.39 is 11.6 Å². The predicted octanol–water partition coefficient (Wildman–Crippen LogP) is 4.64. The van der Waals surface area contributed by atoms with Gasteiger partial charge in [-0.05, 0) is 48.9 Å². The molecule has 2 atom stereocenters. The van der Waals surface area contributed by atoms with Gasteiger partial charge in [0.2, 0.25) is 0 Å². The summed E-state index contributed by atoms with van der Waals surface area (Å²) in [6.07, 6.45) is 0.537. The van der Waals surface area contributed by atoms with Gasteiger partial charge in [0.1, 0.15) is 11.6 Å². The van der Waals surface area contributed by atoms with Crippen molar-refractivity contribution < 1.29 is 9.53 Å². The van der Waals surface area contributed by atoms with Gasteiger partial charge in [-0.15, -0.1) is 0 Å². The maximum absolute atomic E-state index is 12.2. The first kappa shape index (κ1) is 15.2. The van der Waals surface area contributed by atoms with Gasteiger partial charge in [-0.3, -0.25) is 0 Å². The van der Waals surface area contributed by atoms with E-state index in [2.05, 4.69) is 5.32 Å². The lowest BCUT2D eigenvalue weighted by molar-refractivity contribution is -0.148. The first-order chi connectivity index (χ1) is 10.5. The number of rotatable bonds is 3. The highest BCUT2D eigenvalue weighted by Gasteiger charge is 2.44. The van der Waals surface area contributed by atoms with E-state index in [1.807, 2.05) is 37.3 Å². The maximum atomic E-state index is 12.2. The summed E-state index contributed by atoms with van der Waals surface area (Å²) in [5, 5.41) is 4.48. The highest BCUT2D eigenvalue weighted by molar-refractivity contribution is 6.30. The minimum atomic E-state index is -0.675. The molecule has 0 aliphatic carbocycles. The van der Waals surface area contributed by atoms with Gasteiger partial charge in [-0.25, -0.2) is 4.79 Å². The van der Waals surface area contributed by atoms with E-state index in [-0.39, 0.29) is 5.97 Å². The third kappa shape index (κ3) is 3.06. The Labute approximate surface area is 139 Å². The molecule has 0 saturated carbocycles. The van der Waals surface area contributed by atoms with Crippen LogP contribution in [0.1, 0.15) is 18.9 Å². The summed E-state index contributed by atoms with van der Waals surface area (Å²) in [5.74, 6) is -0.266. The third-order valence-electron chi connectivity index (χ3n) is 3.82. The summed E-state index contributed by atoms with van der Waals surface area (Å²) in [6, 6.07) is 14.2. The topological polar surface area (TPSA) is 38.3 Å². The van der Waals surface area contributed by atoms with E-state index in [1.54, 1.807) is 18.2 Å². The van der Waals surface area contributed by atoms with Crippen LogP contribution in [-0.4, -0.2) is 12.0 Å². The van der Waals surface area contributed by atoms with Crippen molar-refractivity contribution in [3.05, 3.63) is 64.1 Å². The Balaban J connectivity index is 1.79. The lowest BCUT2D eigenvalue weighted by atomic mass is 9.91. The highest BCUT2D eigenvalue weighted by atomic mass is 35.5. The van der Waals surface area contributed by atoms with E-state index in [1.165, 1.54) is 0 Å². The van der Waals surface area contributed by atoms with Crippen LogP contribution in [0.15, 0.2) is 48.5 Å². The normalized spacial score (nSPS) is 24.1. The van der Waals surface area contributed by atoms with Crippen LogP contribution in [0.25, 0.3) is 0 Å².